The third kappa shape index (κ3) is 3.51. The van der Waals surface area contributed by atoms with Gasteiger partial charge in [0.2, 0.25) is 5.91 Å². The van der Waals surface area contributed by atoms with Crippen LogP contribution in [-0.4, -0.2) is 11.9 Å². The first-order valence-corrected chi connectivity index (χ1v) is 5.67. The lowest BCUT2D eigenvalue weighted by molar-refractivity contribution is -0.125. The fourth-order valence-electron chi connectivity index (χ4n) is 1.22. The van der Waals surface area contributed by atoms with Gasteiger partial charge in [-0.3, -0.25) is 4.79 Å². The first kappa shape index (κ1) is 13.0. The maximum atomic E-state index is 11.6. The molecular formula is C12H17ClN2O. The van der Waals surface area contributed by atoms with E-state index < -0.39 is 0 Å². The SMILES string of the molecule is CC(N)C(C)C(=O)NCc1ccccc1Cl. The van der Waals surface area contributed by atoms with E-state index in [4.69, 9.17) is 17.3 Å². The first-order chi connectivity index (χ1) is 7.52. The molecule has 1 aromatic carbocycles. The van der Waals surface area contributed by atoms with E-state index in [1.165, 1.54) is 0 Å². The van der Waals surface area contributed by atoms with Crippen LogP contribution in [-0.2, 0) is 11.3 Å². The summed E-state index contributed by atoms with van der Waals surface area (Å²) in [7, 11) is 0. The largest absolute Gasteiger partial charge is 0.352 e. The van der Waals surface area contributed by atoms with E-state index in [9.17, 15) is 4.79 Å². The molecule has 4 heteroatoms. The number of carbonyl (C=O) groups excluding carboxylic acids is 1. The van der Waals surface area contributed by atoms with E-state index in [0.29, 0.717) is 11.6 Å². The van der Waals surface area contributed by atoms with Crippen molar-refractivity contribution in [2.45, 2.75) is 26.4 Å². The van der Waals surface area contributed by atoms with Crippen LogP contribution in [0.15, 0.2) is 24.3 Å². The van der Waals surface area contributed by atoms with Crippen LogP contribution < -0.4 is 11.1 Å². The molecule has 0 aliphatic heterocycles. The number of nitrogens with two attached hydrogens (primary N) is 1. The summed E-state index contributed by atoms with van der Waals surface area (Å²) in [6.07, 6.45) is 0. The van der Waals surface area contributed by atoms with Crippen LogP contribution >= 0.6 is 11.6 Å². The minimum absolute atomic E-state index is 0.0464. The number of halogens is 1. The smallest absolute Gasteiger partial charge is 0.224 e. The highest BCUT2D eigenvalue weighted by Crippen LogP contribution is 2.14. The van der Waals surface area contributed by atoms with Gasteiger partial charge in [-0.1, -0.05) is 36.7 Å². The normalized spacial score (nSPS) is 14.2. The fourth-order valence-corrected chi connectivity index (χ4v) is 1.43. The van der Waals surface area contributed by atoms with E-state index in [1.54, 1.807) is 6.07 Å². The second-order valence-electron chi connectivity index (χ2n) is 3.96. The van der Waals surface area contributed by atoms with Gasteiger partial charge >= 0.3 is 0 Å². The molecule has 0 fully saturated rings. The Morgan fingerprint density at radius 2 is 2.06 bits per heavy atom. The number of rotatable bonds is 4. The lowest BCUT2D eigenvalue weighted by atomic mass is 10.0. The van der Waals surface area contributed by atoms with E-state index in [1.807, 2.05) is 32.0 Å². The Morgan fingerprint density at radius 3 is 2.62 bits per heavy atom. The molecule has 0 saturated heterocycles. The minimum Gasteiger partial charge on any atom is -0.352 e. The molecule has 0 radical (unpaired) electrons. The molecule has 0 aliphatic rings. The number of carbonyl (C=O) groups is 1. The van der Waals surface area contributed by atoms with Crippen LogP contribution in [0.5, 0.6) is 0 Å². The van der Waals surface area contributed by atoms with Crippen molar-refractivity contribution >= 4 is 17.5 Å². The van der Waals surface area contributed by atoms with Crippen molar-refractivity contribution in [1.29, 1.82) is 0 Å². The third-order valence-corrected chi connectivity index (χ3v) is 2.98. The van der Waals surface area contributed by atoms with Gasteiger partial charge in [-0.25, -0.2) is 0 Å². The fraction of sp³-hybridized carbons (Fsp3) is 0.417. The van der Waals surface area contributed by atoms with Crippen LogP contribution in [0.4, 0.5) is 0 Å². The number of hydrogen-bond acceptors (Lipinski definition) is 2. The number of nitrogens with one attached hydrogen (secondary N) is 1. The van der Waals surface area contributed by atoms with Gasteiger partial charge in [-0.15, -0.1) is 0 Å². The highest BCUT2D eigenvalue weighted by atomic mass is 35.5. The van der Waals surface area contributed by atoms with Crippen molar-refractivity contribution in [2.24, 2.45) is 11.7 Å². The van der Waals surface area contributed by atoms with Gasteiger partial charge in [0.05, 0.1) is 0 Å². The zero-order chi connectivity index (χ0) is 12.1. The number of amides is 1. The molecule has 16 heavy (non-hydrogen) atoms. The summed E-state index contributed by atoms with van der Waals surface area (Å²) in [4.78, 5) is 11.6. The van der Waals surface area contributed by atoms with Gasteiger partial charge in [-0.05, 0) is 18.6 Å². The second-order valence-corrected chi connectivity index (χ2v) is 4.36. The van der Waals surface area contributed by atoms with Crippen molar-refractivity contribution < 1.29 is 4.79 Å². The number of benzene rings is 1. The molecular weight excluding hydrogens is 224 g/mol. The summed E-state index contributed by atoms with van der Waals surface area (Å²) in [6.45, 7) is 4.07. The molecule has 0 aromatic heterocycles. The lowest BCUT2D eigenvalue weighted by Gasteiger charge is -2.15. The van der Waals surface area contributed by atoms with Crippen LogP contribution in [0.1, 0.15) is 19.4 Å². The monoisotopic (exact) mass is 240 g/mol. The Morgan fingerprint density at radius 1 is 1.44 bits per heavy atom. The predicted molar refractivity (Wildman–Crippen MR) is 66.1 cm³/mol. The van der Waals surface area contributed by atoms with Gasteiger partial charge in [-0.2, -0.15) is 0 Å². The predicted octanol–water partition coefficient (Wildman–Crippen LogP) is 1.94. The maximum Gasteiger partial charge on any atom is 0.224 e. The molecule has 1 rings (SSSR count). The minimum atomic E-state index is -0.192. The average Bonchev–Trinajstić information content (AvgIpc) is 2.26. The maximum absolute atomic E-state index is 11.6. The quantitative estimate of drug-likeness (QED) is 0.845. The lowest BCUT2D eigenvalue weighted by Crippen LogP contribution is -2.38. The van der Waals surface area contributed by atoms with Crippen molar-refractivity contribution in [1.82, 2.24) is 5.32 Å². The topological polar surface area (TPSA) is 55.1 Å². The van der Waals surface area contributed by atoms with Crippen LogP contribution in [0.3, 0.4) is 0 Å². The average molecular weight is 241 g/mol. The van der Waals surface area contributed by atoms with E-state index in [0.717, 1.165) is 5.56 Å². The third-order valence-electron chi connectivity index (χ3n) is 2.61. The zero-order valence-electron chi connectivity index (χ0n) is 9.53. The molecule has 3 nitrogen and oxygen atoms in total. The summed E-state index contributed by atoms with van der Waals surface area (Å²) in [5.74, 6) is -0.239. The molecule has 0 bridgehead atoms. The van der Waals surface area contributed by atoms with E-state index in [-0.39, 0.29) is 17.9 Å². The molecule has 1 aromatic rings. The highest BCUT2D eigenvalue weighted by molar-refractivity contribution is 6.31. The van der Waals surface area contributed by atoms with Gasteiger partial charge in [0.1, 0.15) is 0 Å². The summed E-state index contributed by atoms with van der Waals surface area (Å²) in [5.41, 5.74) is 6.56. The van der Waals surface area contributed by atoms with Crippen LogP contribution in [0.25, 0.3) is 0 Å². The Balaban J connectivity index is 2.52. The summed E-state index contributed by atoms with van der Waals surface area (Å²) < 4.78 is 0. The summed E-state index contributed by atoms with van der Waals surface area (Å²) in [6, 6.07) is 7.30. The molecule has 88 valence electrons. The molecule has 2 atom stereocenters. The zero-order valence-corrected chi connectivity index (χ0v) is 10.3. The van der Waals surface area contributed by atoms with E-state index in [2.05, 4.69) is 5.32 Å². The Kier molecular flexibility index (Phi) is 4.77. The van der Waals surface area contributed by atoms with Gasteiger partial charge in [0, 0.05) is 23.5 Å². The summed E-state index contributed by atoms with van der Waals surface area (Å²) >= 11 is 5.97. The van der Waals surface area contributed by atoms with Crippen LogP contribution in [0.2, 0.25) is 5.02 Å². The summed E-state index contributed by atoms with van der Waals surface area (Å²) in [5, 5.41) is 3.48. The Hall–Kier alpha value is -1.06. The van der Waals surface area contributed by atoms with Gasteiger partial charge in [0.25, 0.3) is 0 Å². The molecule has 0 aliphatic carbocycles. The standard InChI is InChI=1S/C12H17ClN2O/c1-8(9(2)14)12(16)15-7-10-5-3-4-6-11(10)13/h3-6,8-9H,7,14H2,1-2H3,(H,15,16). The van der Waals surface area contributed by atoms with Gasteiger partial charge in [0.15, 0.2) is 0 Å². The van der Waals surface area contributed by atoms with Crippen molar-refractivity contribution in [2.75, 3.05) is 0 Å². The first-order valence-electron chi connectivity index (χ1n) is 5.29. The molecule has 0 saturated carbocycles. The molecule has 2 unspecified atom stereocenters. The van der Waals surface area contributed by atoms with E-state index >= 15 is 0 Å². The van der Waals surface area contributed by atoms with Crippen molar-refractivity contribution in [3.63, 3.8) is 0 Å². The molecule has 0 heterocycles. The Bertz CT molecular complexity index is 366. The number of hydrogen-bond donors (Lipinski definition) is 2. The highest BCUT2D eigenvalue weighted by Gasteiger charge is 2.16. The molecule has 3 N–H and O–H groups in total. The molecule has 1 amide bonds. The Labute approximate surface area is 101 Å². The molecule has 0 spiro atoms. The van der Waals surface area contributed by atoms with Crippen LogP contribution in [0, 0.1) is 5.92 Å². The van der Waals surface area contributed by atoms with Crippen molar-refractivity contribution in [3.05, 3.63) is 34.9 Å². The van der Waals surface area contributed by atoms with Gasteiger partial charge < -0.3 is 11.1 Å². The second kappa shape index (κ2) is 5.87. The van der Waals surface area contributed by atoms with Crippen molar-refractivity contribution in [3.8, 4) is 0 Å².